The molecule has 0 radical (unpaired) electrons. The highest BCUT2D eigenvalue weighted by Crippen LogP contribution is 2.22. The fourth-order valence-corrected chi connectivity index (χ4v) is 2.05. The molecular weight excluding hydrogens is 250 g/mol. The zero-order valence-corrected chi connectivity index (χ0v) is 12.3. The maximum absolute atomic E-state index is 5.24. The van der Waals surface area contributed by atoms with Crippen molar-refractivity contribution >= 4 is 5.82 Å². The lowest BCUT2D eigenvalue weighted by atomic mass is 10.1. The van der Waals surface area contributed by atoms with Gasteiger partial charge in [-0.2, -0.15) is 0 Å². The summed E-state index contributed by atoms with van der Waals surface area (Å²) in [6.07, 6.45) is 1.07. The molecule has 1 aromatic carbocycles. The summed E-state index contributed by atoms with van der Waals surface area (Å²) in [6.45, 7) is 5.60. The van der Waals surface area contributed by atoms with E-state index in [0.29, 0.717) is 6.61 Å². The monoisotopic (exact) mass is 271 g/mol. The molecule has 0 atom stereocenters. The SMILES string of the molecule is CCCNc1cc(C)nc(-c2ccccc2COC)n1. The van der Waals surface area contributed by atoms with Crippen molar-refractivity contribution < 1.29 is 4.74 Å². The van der Waals surface area contributed by atoms with Gasteiger partial charge in [-0.25, -0.2) is 9.97 Å². The Hall–Kier alpha value is -1.94. The molecule has 0 spiro atoms. The predicted molar refractivity (Wildman–Crippen MR) is 81.7 cm³/mol. The van der Waals surface area contributed by atoms with E-state index in [0.717, 1.165) is 41.4 Å². The second-order valence-corrected chi connectivity index (χ2v) is 4.74. The normalized spacial score (nSPS) is 10.6. The number of hydrogen-bond acceptors (Lipinski definition) is 4. The van der Waals surface area contributed by atoms with Crippen LogP contribution in [-0.2, 0) is 11.3 Å². The van der Waals surface area contributed by atoms with Gasteiger partial charge in [0, 0.05) is 31.0 Å². The molecule has 2 aromatic rings. The van der Waals surface area contributed by atoms with Crippen molar-refractivity contribution in [1.82, 2.24) is 9.97 Å². The van der Waals surface area contributed by atoms with Crippen molar-refractivity contribution in [3.05, 3.63) is 41.6 Å². The zero-order valence-electron chi connectivity index (χ0n) is 12.3. The van der Waals surface area contributed by atoms with E-state index in [-0.39, 0.29) is 0 Å². The lowest BCUT2D eigenvalue weighted by Crippen LogP contribution is -2.05. The molecule has 106 valence electrons. The van der Waals surface area contributed by atoms with Crippen LogP contribution in [0.2, 0.25) is 0 Å². The van der Waals surface area contributed by atoms with Crippen molar-refractivity contribution in [3.63, 3.8) is 0 Å². The van der Waals surface area contributed by atoms with Gasteiger partial charge in [0.05, 0.1) is 6.61 Å². The van der Waals surface area contributed by atoms with E-state index in [1.807, 2.05) is 37.3 Å². The maximum Gasteiger partial charge on any atom is 0.162 e. The summed E-state index contributed by atoms with van der Waals surface area (Å²) in [5.41, 5.74) is 3.08. The van der Waals surface area contributed by atoms with Crippen LogP contribution in [-0.4, -0.2) is 23.6 Å². The first-order chi connectivity index (χ1) is 9.74. The molecule has 2 rings (SSSR count). The number of hydrogen-bond donors (Lipinski definition) is 1. The Morgan fingerprint density at radius 3 is 2.75 bits per heavy atom. The number of aromatic nitrogens is 2. The van der Waals surface area contributed by atoms with Crippen LogP contribution >= 0.6 is 0 Å². The molecule has 0 aliphatic carbocycles. The van der Waals surface area contributed by atoms with Gasteiger partial charge in [-0.05, 0) is 18.9 Å². The quantitative estimate of drug-likeness (QED) is 0.874. The van der Waals surface area contributed by atoms with Crippen LogP contribution in [0.3, 0.4) is 0 Å². The molecule has 0 fully saturated rings. The highest BCUT2D eigenvalue weighted by atomic mass is 16.5. The predicted octanol–water partition coefficient (Wildman–Crippen LogP) is 3.42. The van der Waals surface area contributed by atoms with Gasteiger partial charge in [0.25, 0.3) is 0 Å². The molecule has 1 aromatic heterocycles. The van der Waals surface area contributed by atoms with Gasteiger partial charge >= 0.3 is 0 Å². The van der Waals surface area contributed by atoms with Crippen molar-refractivity contribution in [2.75, 3.05) is 19.0 Å². The fourth-order valence-electron chi connectivity index (χ4n) is 2.05. The fraction of sp³-hybridized carbons (Fsp3) is 0.375. The first kappa shape index (κ1) is 14.5. The van der Waals surface area contributed by atoms with Gasteiger partial charge in [-0.1, -0.05) is 31.2 Å². The van der Waals surface area contributed by atoms with Gasteiger partial charge < -0.3 is 10.1 Å². The molecule has 4 nitrogen and oxygen atoms in total. The van der Waals surface area contributed by atoms with Crippen LogP contribution in [0.15, 0.2) is 30.3 Å². The van der Waals surface area contributed by atoms with E-state index in [9.17, 15) is 0 Å². The summed E-state index contributed by atoms with van der Waals surface area (Å²) in [7, 11) is 1.70. The Balaban J connectivity index is 2.39. The molecule has 0 amide bonds. The average molecular weight is 271 g/mol. The number of aryl methyl sites for hydroxylation is 1. The third kappa shape index (κ3) is 3.54. The third-order valence-electron chi connectivity index (χ3n) is 2.97. The van der Waals surface area contributed by atoms with Crippen LogP contribution < -0.4 is 5.32 Å². The Labute approximate surface area is 120 Å². The van der Waals surface area contributed by atoms with Crippen LogP contribution in [0.4, 0.5) is 5.82 Å². The lowest BCUT2D eigenvalue weighted by Gasteiger charge is -2.11. The van der Waals surface area contributed by atoms with Crippen LogP contribution in [0.25, 0.3) is 11.4 Å². The minimum atomic E-state index is 0.561. The van der Waals surface area contributed by atoms with Crippen molar-refractivity contribution in [2.24, 2.45) is 0 Å². The summed E-state index contributed by atoms with van der Waals surface area (Å²) in [4.78, 5) is 9.15. The summed E-state index contributed by atoms with van der Waals surface area (Å²) in [6, 6.07) is 10.1. The number of methoxy groups -OCH3 is 1. The molecule has 0 unspecified atom stereocenters. The van der Waals surface area contributed by atoms with Crippen molar-refractivity contribution in [2.45, 2.75) is 26.9 Å². The Kier molecular flexibility index (Phi) is 5.07. The molecule has 4 heteroatoms. The molecule has 0 saturated heterocycles. The second kappa shape index (κ2) is 7.01. The van der Waals surface area contributed by atoms with Gasteiger partial charge in [0.2, 0.25) is 0 Å². The molecule has 20 heavy (non-hydrogen) atoms. The first-order valence-electron chi connectivity index (χ1n) is 6.91. The zero-order chi connectivity index (χ0) is 14.4. The number of benzene rings is 1. The van der Waals surface area contributed by atoms with E-state index in [1.165, 1.54) is 0 Å². The Bertz CT molecular complexity index is 569. The first-order valence-corrected chi connectivity index (χ1v) is 6.91. The summed E-state index contributed by atoms with van der Waals surface area (Å²) >= 11 is 0. The summed E-state index contributed by atoms with van der Waals surface area (Å²) < 4.78 is 5.24. The minimum absolute atomic E-state index is 0.561. The largest absolute Gasteiger partial charge is 0.380 e. The number of anilines is 1. The number of nitrogens with zero attached hydrogens (tertiary/aromatic N) is 2. The van der Waals surface area contributed by atoms with Crippen molar-refractivity contribution in [3.8, 4) is 11.4 Å². The summed E-state index contributed by atoms with van der Waals surface area (Å²) in [5, 5.41) is 3.31. The number of ether oxygens (including phenoxy) is 1. The van der Waals surface area contributed by atoms with Gasteiger partial charge in [0.15, 0.2) is 5.82 Å². The maximum atomic E-state index is 5.24. The molecule has 1 heterocycles. The third-order valence-corrected chi connectivity index (χ3v) is 2.97. The van der Waals surface area contributed by atoms with Gasteiger partial charge in [0.1, 0.15) is 5.82 Å². The van der Waals surface area contributed by atoms with Gasteiger partial charge in [-0.3, -0.25) is 0 Å². The Morgan fingerprint density at radius 2 is 2.00 bits per heavy atom. The smallest absolute Gasteiger partial charge is 0.162 e. The molecule has 0 aliphatic rings. The van der Waals surface area contributed by atoms with E-state index in [1.54, 1.807) is 7.11 Å². The van der Waals surface area contributed by atoms with E-state index < -0.39 is 0 Å². The van der Waals surface area contributed by atoms with E-state index in [2.05, 4.69) is 22.2 Å². The van der Waals surface area contributed by atoms with E-state index >= 15 is 0 Å². The average Bonchev–Trinajstić information content (AvgIpc) is 2.45. The minimum Gasteiger partial charge on any atom is -0.380 e. The highest BCUT2D eigenvalue weighted by Gasteiger charge is 2.09. The molecule has 0 bridgehead atoms. The topological polar surface area (TPSA) is 47.0 Å². The van der Waals surface area contributed by atoms with Crippen LogP contribution in [0, 0.1) is 6.92 Å². The molecule has 1 N–H and O–H groups in total. The van der Waals surface area contributed by atoms with E-state index in [4.69, 9.17) is 4.74 Å². The number of nitrogens with one attached hydrogen (secondary N) is 1. The molecule has 0 aliphatic heterocycles. The lowest BCUT2D eigenvalue weighted by molar-refractivity contribution is 0.185. The highest BCUT2D eigenvalue weighted by molar-refractivity contribution is 5.62. The molecule has 0 saturated carbocycles. The Morgan fingerprint density at radius 1 is 1.20 bits per heavy atom. The standard InChI is InChI=1S/C16H21N3O/c1-4-9-17-15-10-12(2)18-16(19-15)14-8-6-5-7-13(14)11-20-3/h5-8,10H,4,9,11H2,1-3H3,(H,17,18,19). The second-order valence-electron chi connectivity index (χ2n) is 4.74. The summed E-state index contributed by atoms with van der Waals surface area (Å²) in [5.74, 6) is 1.62. The van der Waals surface area contributed by atoms with Crippen LogP contribution in [0.5, 0.6) is 0 Å². The van der Waals surface area contributed by atoms with Crippen LogP contribution in [0.1, 0.15) is 24.6 Å². The van der Waals surface area contributed by atoms with Crippen molar-refractivity contribution in [1.29, 1.82) is 0 Å². The molecular formula is C16H21N3O. The number of rotatable bonds is 6. The van der Waals surface area contributed by atoms with Gasteiger partial charge in [-0.15, -0.1) is 0 Å².